The molecule has 0 bridgehead atoms. The lowest BCUT2D eigenvalue weighted by Gasteiger charge is -2.35. The first kappa shape index (κ1) is 52.8. The second kappa shape index (κ2) is 24.9. The highest BCUT2D eigenvalue weighted by atomic mass is 16.6. The van der Waals surface area contributed by atoms with Crippen molar-refractivity contribution < 1.29 is 28.5 Å². The molecule has 5 aromatic rings. The fourth-order valence-electron chi connectivity index (χ4n) is 10.8. The molecule has 8 nitrogen and oxygen atoms in total. The minimum absolute atomic E-state index is 0.196. The lowest BCUT2D eigenvalue weighted by atomic mass is 9.47. The van der Waals surface area contributed by atoms with Gasteiger partial charge >= 0.3 is 11.9 Å². The highest BCUT2D eigenvalue weighted by Crippen LogP contribution is 2.42. The van der Waals surface area contributed by atoms with Crippen molar-refractivity contribution in [2.45, 2.75) is 118 Å². The van der Waals surface area contributed by atoms with Gasteiger partial charge in [-0.05, 0) is 104 Å². The highest BCUT2D eigenvalue weighted by Gasteiger charge is 2.31. The van der Waals surface area contributed by atoms with Crippen LogP contribution in [0.25, 0.3) is 21.5 Å². The molecule has 0 N–H and O–H groups in total. The van der Waals surface area contributed by atoms with Gasteiger partial charge in [0.2, 0.25) is 0 Å². The Labute approximate surface area is 420 Å². The van der Waals surface area contributed by atoms with Crippen LogP contribution in [0.5, 0.6) is 0 Å². The molecule has 0 amide bonds. The Bertz CT molecular complexity index is 2340. The molecule has 0 aromatic heterocycles. The number of ether oxygens (including phenoxy) is 4. The molecule has 2 aliphatic heterocycles. The molecule has 370 valence electrons. The van der Waals surface area contributed by atoms with Crippen molar-refractivity contribution in [3.8, 4) is 0 Å². The molecule has 2 saturated heterocycles. The summed E-state index contributed by atoms with van der Waals surface area (Å²) < 4.78 is 23.0. The Kier molecular flexibility index (Phi) is 18.8. The zero-order valence-electron chi connectivity index (χ0n) is 43.3. The predicted molar refractivity (Wildman–Crippen MR) is 291 cm³/mol. The third-order valence-corrected chi connectivity index (χ3v) is 15.1. The van der Waals surface area contributed by atoms with Crippen LogP contribution in [-0.2, 0) is 54.7 Å². The molecule has 70 heavy (non-hydrogen) atoms. The molecule has 0 saturated carbocycles. The molecule has 7 rings (SSSR count). The third kappa shape index (κ3) is 14.6. The van der Waals surface area contributed by atoms with Crippen LogP contribution in [0.15, 0.2) is 121 Å². The molecule has 2 atom stereocenters. The van der Waals surface area contributed by atoms with E-state index >= 15 is 0 Å². The van der Waals surface area contributed by atoms with Gasteiger partial charge in [0.25, 0.3) is 0 Å². The van der Waals surface area contributed by atoms with Gasteiger partial charge in [0.05, 0.1) is 26.4 Å². The van der Waals surface area contributed by atoms with Crippen LogP contribution in [0.2, 0.25) is 12.6 Å². The summed E-state index contributed by atoms with van der Waals surface area (Å²) in [4.78, 5) is 29.2. The van der Waals surface area contributed by atoms with E-state index in [2.05, 4.69) is 148 Å². The number of rotatable bonds is 24. The summed E-state index contributed by atoms with van der Waals surface area (Å²) in [7, 11) is 2.43. The number of carbonyl (C=O) groups excluding carboxylic acids is 2. The summed E-state index contributed by atoms with van der Waals surface area (Å²) in [5, 5.41) is 5.05. The Morgan fingerprint density at radius 1 is 0.529 bits per heavy atom. The van der Waals surface area contributed by atoms with Gasteiger partial charge in [0.1, 0.15) is 27.8 Å². The second-order valence-electron chi connectivity index (χ2n) is 21.8. The van der Waals surface area contributed by atoms with Crippen molar-refractivity contribution in [3.63, 3.8) is 0 Å². The molecule has 2 fully saturated rings. The molecule has 0 aliphatic carbocycles. The number of benzene rings is 5. The van der Waals surface area contributed by atoms with Gasteiger partial charge in [0.15, 0.2) is 0 Å². The standard InChI is InChI=1S/C60H78B2N2O6/c1-43(2)57(65)69-35-33-67-31-29-63(37-45-17-9-11-19-47(45)55-25-27-59(5,6)41-61-55)39-53-49-21-13-15-23-51(49)54(52-24-16-14-22-50(52)53)40-64(30-32-68-34-36-70-58(66)44(3)4)38-46-18-10-12-20-48(46)56-26-28-60(7,8)42-62-56/h9-24,55-56,61-62H,1,3,25-42H2,2,4-8H3. The lowest BCUT2D eigenvalue weighted by Crippen LogP contribution is -2.30. The van der Waals surface area contributed by atoms with E-state index in [-0.39, 0.29) is 25.2 Å². The van der Waals surface area contributed by atoms with E-state index < -0.39 is 0 Å². The zero-order chi connectivity index (χ0) is 49.7. The van der Waals surface area contributed by atoms with Gasteiger partial charge in [-0.1, -0.05) is 163 Å². The minimum atomic E-state index is -0.390. The van der Waals surface area contributed by atoms with Gasteiger partial charge in [-0.15, -0.1) is 0 Å². The molecule has 0 radical (unpaired) electrons. The molecule has 2 unspecified atom stereocenters. The summed E-state index contributed by atoms with van der Waals surface area (Å²) in [5.74, 6) is 0.332. The van der Waals surface area contributed by atoms with Gasteiger partial charge < -0.3 is 18.9 Å². The number of fused-ring (bicyclic) bond motifs is 2. The summed E-state index contributed by atoms with van der Waals surface area (Å²) in [5.41, 5.74) is 9.92. The van der Waals surface area contributed by atoms with Crippen molar-refractivity contribution in [1.29, 1.82) is 0 Å². The largest absolute Gasteiger partial charge is 0.460 e. The average molecular weight is 945 g/mol. The van der Waals surface area contributed by atoms with Crippen molar-refractivity contribution in [2.75, 3.05) is 52.7 Å². The molecular formula is C60H78B2N2O6. The van der Waals surface area contributed by atoms with Crippen LogP contribution in [0.1, 0.15) is 112 Å². The molecule has 0 spiro atoms. The molecular weight excluding hydrogens is 866 g/mol. The second-order valence-corrected chi connectivity index (χ2v) is 21.8. The van der Waals surface area contributed by atoms with Crippen LogP contribution >= 0.6 is 0 Å². The van der Waals surface area contributed by atoms with Gasteiger partial charge in [-0.3, -0.25) is 9.80 Å². The predicted octanol–water partition coefficient (Wildman–Crippen LogP) is 11.7. The van der Waals surface area contributed by atoms with Crippen molar-refractivity contribution in [1.82, 2.24) is 9.80 Å². The van der Waals surface area contributed by atoms with Crippen LogP contribution in [0, 0.1) is 10.8 Å². The molecule has 5 aromatic carbocycles. The number of esters is 2. The number of nitrogens with zero attached hydrogens (tertiary/aromatic N) is 2. The fourth-order valence-corrected chi connectivity index (χ4v) is 10.8. The fraction of sp³-hybridized carbons (Fsp3) is 0.467. The first-order valence-electron chi connectivity index (χ1n) is 26.0. The van der Waals surface area contributed by atoms with E-state index in [9.17, 15) is 9.59 Å². The Morgan fingerprint density at radius 2 is 0.886 bits per heavy atom. The Hall–Kier alpha value is -4.99. The first-order valence-corrected chi connectivity index (χ1v) is 26.0. The summed E-state index contributed by atoms with van der Waals surface area (Å²) in [6, 6.07) is 36.2. The van der Waals surface area contributed by atoms with Crippen LogP contribution < -0.4 is 0 Å². The third-order valence-electron chi connectivity index (χ3n) is 15.1. The van der Waals surface area contributed by atoms with Crippen molar-refractivity contribution >= 4 is 48.0 Å². The van der Waals surface area contributed by atoms with E-state index in [1.54, 1.807) is 13.8 Å². The van der Waals surface area contributed by atoms with Crippen molar-refractivity contribution in [3.05, 3.63) is 155 Å². The maximum atomic E-state index is 12.1. The summed E-state index contributed by atoms with van der Waals surface area (Å²) in [6.45, 7) is 26.9. The minimum Gasteiger partial charge on any atom is -0.460 e. The lowest BCUT2D eigenvalue weighted by molar-refractivity contribution is -0.141. The van der Waals surface area contributed by atoms with E-state index in [0.29, 0.717) is 73.1 Å². The average Bonchev–Trinajstić information content (AvgIpc) is 3.34. The number of hydrogen-bond donors (Lipinski definition) is 0. The normalized spacial score (nSPS) is 17.5. The van der Waals surface area contributed by atoms with Crippen molar-refractivity contribution in [2.24, 2.45) is 10.8 Å². The van der Waals surface area contributed by atoms with E-state index in [4.69, 9.17) is 18.9 Å². The maximum absolute atomic E-state index is 12.1. The SMILES string of the molecule is C=C(C)C(=O)OCCOCCN(Cc1ccccc1C1BCC(C)(C)CC1)Cc1c2ccccc2c(CN(CCOCCOC(=O)C(=C)C)Cc2ccccc2C2BCC(C)(C)CC2)c2ccccc12. The molecule has 2 aliphatic rings. The maximum Gasteiger partial charge on any atom is 0.333 e. The number of carbonyl (C=O) groups is 2. The van der Waals surface area contributed by atoms with Crippen LogP contribution in [0.4, 0.5) is 0 Å². The summed E-state index contributed by atoms with van der Waals surface area (Å²) >= 11 is 0. The first-order chi connectivity index (χ1) is 33.7. The summed E-state index contributed by atoms with van der Waals surface area (Å²) in [6.07, 6.45) is 7.40. The Morgan fingerprint density at radius 3 is 1.23 bits per heavy atom. The quantitative estimate of drug-likeness (QED) is 0.0199. The smallest absolute Gasteiger partial charge is 0.333 e. The topological polar surface area (TPSA) is 77.5 Å². The highest BCUT2D eigenvalue weighted by molar-refractivity contribution is 6.38. The van der Waals surface area contributed by atoms with Gasteiger partial charge in [0, 0.05) is 50.4 Å². The van der Waals surface area contributed by atoms with Crippen LogP contribution in [-0.4, -0.2) is 89.0 Å². The monoisotopic (exact) mass is 945 g/mol. The van der Waals surface area contributed by atoms with Crippen LogP contribution in [0.3, 0.4) is 0 Å². The Balaban J connectivity index is 1.20. The van der Waals surface area contributed by atoms with Gasteiger partial charge in [-0.2, -0.15) is 0 Å². The van der Waals surface area contributed by atoms with E-state index in [1.165, 1.54) is 108 Å². The molecule has 10 heteroatoms. The molecule has 2 heterocycles. The number of hydrogen-bond acceptors (Lipinski definition) is 8. The van der Waals surface area contributed by atoms with E-state index in [0.717, 1.165) is 26.2 Å². The van der Waals surface area contributed by atoms with E-state index in [1.807, 2.05) is 0 Å². The van der Waals surface area contributed by atoms with Gasteiger partial charge in [-0.25, -0.2) is 9.59 Å². The zero-order valence-corrected chi connectivity index (χ0v) is 43.3.